The highest BCUT2D eigenvalue weighted by molar-refractivity contribution is 5.85. The molecule has 0 aromatic carbocycles. The average molecular weight is 282 g/mol. The van der Waals surface area contributed by atoms with Crippen molar-refractivity contribution in [3.05, 3.63) is 35.2 Å². The molecule has 21 heavy (non-hydrogen) atoms. The molecule has 0 bridgehead atoms. The fourth-order valence-electron chi connectivity index (χ4n) is 2.20. The molecule has 1 aliphatic rings. The van der Waals surface area contributed by atoms with Crippen molar-refractivity contribution in [3.8, 4) is 11.8 Å². The van der Waals surface area contributed by atoms with Crippen molar-refractivity contribution in [2.75, 3.05) is 19.8 Å². The summed E-state index contributed by atoms with van der Waals surface area (Å²) in [6.07, 6.45) is 9.79. The van der Waals surface area contributed by atoms with Crippen LogP contribution in [0.5, 0.6) is 0 Å². The van der Waals surface area contributed by atoms with E-state index in [1.165, 1.54) is 11.1 Å². The SMILES string of the molecule is CC(/C=N/CC#CC1CCOCC1)=C\c1ccncc1C. The zero-order chi connectivity index (χ0) is 14.9. The first-order chi connectivity index (χ1) is 10.3. The lowest BCUT2D eigenvalue weighted by Gasteiger charge is -2.16. The van der Waals surface area contributed by atoms with Gasteiger partial charge >= 0.3 is 0 Å². The van der Waals surface area contributed by atoms with Crippen molar-refractivity contribution >= 4 is 12.3 Å². The highest BCUT2D eigenvalue weighted by Gasteiger charge is 2.09. The Balaban J connectivity index is 1.83. The minimum atomic E-state index is 0.491. The van der Waals surface area contributed by atoms with Crippen molar-refractivity contribution in [2.45, 2.75) is 26.7 Å². The highest BCUT2D eigenvalue weighted by Crippen LogP contribution is 2.12. The van der Waals surface area contributed by atoms with Gasteiger partial charge in [0.1, 0.15) is 0 Å². The fourth-order valence-corrected chi connectivity index (χ4v) is 2.20. The second-order valence-corrected chi connectivity index (χ2v) is 5.30. The molecule has 0 aliphatic carbocycles. The number of hydrogen-bond acceptors (Lipinski definition) is 3. The molecule has 110 valence electrons. The van der Waals surface area contributed by atoms with Gasteiger partial charge in [0, 0.05) is 37.7 Å². The number of allylic oxidation sites excluding steroid dienone is 1. The van der Waals surface area contributed by atoms with Crippen LogP contribution in [0.3, 0.4) is 0 Å². The maximum Gasteiger partial charge on any atom is 0.0997 e. The number of nitrogens with zero attached hydrogens (tertiary/aromatic N) is 2. The van der Waals surface area contributed by atoms with Crippen molar-refractivity contribution < 1.29 is 4.74 Å². The quantitative estimate of drug-likeness (QED) is 0.630. The van der Waals surface area contributed by atoms with Gasteiger partial charge in [0.2, 0.25) is 0 Å². The maximum atomic E-state index is 5.32. The zero-order valence-electron chi connectivity index (χ0n) is 12.8. The Morgan fingerprint density at radius 1 is 1.48 bits per heavy atom. The summed E-state index contributed by atoms with van der Waals surface area (Å²) in [7, 11) is 0. The van der Waals surface area contributed by atoms with E-state index in [2.05, 4.69) is 41.7 Å². The fraction of sp³-hybridized carbons (Fsp3) is 0.444. The predicted octanol–water partition coefficient (Wildman–Crippen LogP) is 3.29. The summed E-state index contributed by atoms with van der Waals surface area (Å²) in [5.74, 6) is 6.92. The third-order valence-corrected chi connectivity index (χ3v) is 3.44. The van der Waals surface area contributed by atoms with E-state index < -0.39 is 0 Å². The molecular weight excluding hydrogens is 260 g/mol. The van der Waals surface area contributed by atoms with Gasteiger partial charge in [0.15, 0.2) is 0 Å². The number of pyridine rings is 1. The number of aryl methyl sites for hydroxylation is 1. The Morgan fingerprint density at radius 2 is 2.29 bits per heavy atom. The van der Waals surface area contributed by atoms with Crippen LogP contribution in [0.1, 0.15) is 30.9 Å². The average Bonchev–Trinajstić information content (AvgIpc) is 2.50. The number of aromatic nitrogens is 1. The summed E-state index contributed by atoms with van der Waals surface area (Å²) in [6.45, 7) is 6.36. The molecular formula is C18H22N2O. The molecule has 0 amide bonds. The van der Waals surface area contributed by atoms with Crippen LogP contribution in [-0.2, 0) is 4.74 Å². The van der Waals surface area contributed by atoms with Crippen molar-refractivity contribution in [1.29, 1.82) is 0 Å². The zero-order valence-corrected chi connectivity index (χ0v) is 12.8. The van der Waals surface area contributed by atoms with E-state index in [9.17, 15) is 0 Å². The molecule has 1 aromatic rings. The summed E-state index contributed by atoms with van der Waals surface area (Å²) in [6, 6.07) is 2.01. The molecule has 2 rings (SSSR count). The van der Waals surface area contributed by atoms with Gasteiger partial charge < -0.3 is 4.74 Å². The Labute approximate surface area is 127 Å². The second-order valence-electron chi connectivity index (χ2n) is 5.30. The van der Waals surface area contributed by atoms with Gasteiger partial charge in [-0.15, -0.1) is 0 Å². The molecule has 2 heterocycles. The van der Waals surface area contributed by atoms with Crippen LogP contribution in [0.4, 0.5) is 0 Å². The molecule has 0 spiro atoms. The van der Waals surface area contributed by atoms with Gasteiger partial charge in [-0.05, 0) is 49.5 Å². The molecule has 0 N–H and O–H groups in total. The first-order valence-corrected chi connectivity index (χ1v) is 7.40. The lowest BCUT2D eigenvalue weighted by Crippen LogP contribution is -2.13. The Bertz CT molecular complexity index is 572. The summed E-state index contributed by atoms with van der Waals surface area (Å²) < 4.78 is 5.32. The van der Waals surface area contributed by atoms with E-state index in [0.29, 0.717) is 12.5 Å². The first kappa shape index (κ1) is 15.5. The summed E-state index contributed by atoms with van der Waals surface area (Å²) >= 11 is 0. The van der Waals surface area contributed by atoms with E-state index >= 15 is 0 Å². The lowest BCUT2D eigenvalue weighted by molar-refractivity contribution is 0.0807. The number of aliphatic imine (C=N–C) groups is 1. The molecule has 3 heteroatoms. The molecule has 0 atom stereocenters. The van der Waals surface area contributed by atoms with Crippen LogP contribution in [0.2, 0.25) is 0 Å². The van der Waals surface area contributed by atoms with E-state index in [-0.39, 0.29) is 0 Å². The van der Waals surface area contributed by atoms with Gasteiger partial charge in [0.05, 0.1) is 6.54 Å². The van der Waals surface area contributed by atoms with Gasteiger partial charge in [-0.3, -0.25) is 9.98 Å². The van der Waals surface area contributed by atoms with Gasteiger partial charge in [-0.1, -0.05) is 17.9 Å². The number of rotatable bonds is 3. The van der Waals surface area contributed by atoms with Crippen LogP contribution in [0, 0.1) is 24.7 Å². The van der Waals surface area contributed by atoms with Crippen molar-refractivity contribution in [1.82, 2.24) is 4.98 Å². The Morgan fingerprint density at radius 3 is 3.05 bits per heavy atom. The Hall–Kier alpha value is -1.92. The topological polar surface area (TPSA) is 34.5 Å². The monoisotopic (exact) mass is 282 g/mol. The van der Waals surface area contributed by atoms with E-state index in [4.69, 9.17) is 4.74 Å². The minimum absolute atomic E-state index is 0.491. The van der Waals surface area contributed by atoms with Gasteiger partial charge in [-0.25, -0.2) is 0 Å². The molecule has 1 aliphatic heterocycles. The van der Waals surface area contributed by atoms with Crippen LogP contribution in [0.25, 0.3) is 6.08 Å². The van der Waals surface area contributed by atoms with Crippen LogP contribution in [-0.4, -0.2) is 31.0 Å². The van der Waals surface area contributed by atoms with E-state index in [0.717, 1.165) is 31.6 Å². The smallest absolute Gasteiger partial charge is 0.0997 e. The highest BCUT2D eigenvalue weighted by atomic mass is 16.5. The molecule has 1 aromatic heterocycles. The van der Waals surface area contributed by atoms with Crippen LogP contribution >= 0.6 is 0 Å². The van der Waals surface area contributed by atoms with Gasteiger partial charge in [0.25, 0.3) is 0 Å². The predicted molar refractivity (Wildman–Crippen MR) is 87.3 cm³/mol. The normalized spacial score (nSPS) is 16.8. The second kappa shape index (κ2) is 8.39. The van der Waals surface area contributed by atoms with Crippen LogP contribution < -0.4 is 0 Å². The maximum absolute atomic E-state index is 5.32. The summed E-state index contributed by atoms with van der Waals surface area (Å²) in [4.78, 5) is 8.46. The molecule has 0 saturated carbocycles. The van der Waals surface area contributed by atoms with E-state index in [1.807, 2.05) is 24.7 Å². The first-order valence-electron chi connectivity index (χ1n) is 7.40. The molecule has 0 unspecified atom stereocenters. The lowest BCUT2D eigenvalue weighted by atomic mass is 10.0. The van der Waals surface area contributed by atoms with Crippen LogP contribution in [0.15, 0.2) is 29.0 Å². The summed E-state index contributed by atoms with van der Waals surface area (Å²) in [5, 5.41) is 0. The largest absolute Gasteiger partial charge is 0.381 e. The molecule has 0 radical (unpaired) electrons. The Kier molecular flexibility index (Phi) is 6.18. The van der Waals surface area contributed by atoms with Gasteiger partial charge in [-0.2, -0.15) is 0 Å². The summed E-state index contributed by atoms with van der Waals surface area (Å²) in [5.41, 5.74) is 3.48. The van der Waals surface area contributed by atoms with Crippen molar-refractivity contribution in [2.24, 2.45) is 10.9 Å². The number of hydrogen-bond donors (Lipinski definition) is 0. The molecule has 3 nitrogen and oxygen atoms in total. The third-order valence-electron chi connectivity index (χ3n) is 3.44. The van der Waals surface area contributed by atoms with Crippen molar-refractivity contribution in [3.63, 3.8) is 0 Å². The van der Waals surface area contributed by atoms with E-state index in [1.54, 1.807) is 0 Å². The minimum Gasteiger partial charge on any atom is -0.381 e. The number of ether oxygens (including phenoxy) is 1. The standard InChI is InChI=1S/C18H22N2O/c1-15(12-18-5-9-20-14-16(18)2)13-19-8-3-4-17-6-10-21-11-7-17/h5,9,12-14,17H,6-8,10-11H2,1-2H3/b15-12+,19-13+. The third kappa shape index (κ3) is 5.53. The molecule has 1 saturated heterocycles. The molecule has 1 fully saturated rings.